The molecule has 0 amide bonds. The van der Waals surface area contributed by atoms with E-state index in [1.807, 2.05) is 0 Å². The van der Waals surface area contributed by atoms with Gasteiger partial charge in [-0.15, -0.1) is 0 Å². The van der Waals surface area contributed by atoms with E-state index >= 15 is 0 Å². The first-order valence-corrected chi connectivity index (χ1v) is 10.8. The van der Waals surface area contributed by atoms with Crippen LogP contribution in [0, 0.1) is 0 Å². The van der Waals surface area contributed by atoms with Gasteiger partial charge in [0, 0.05) is 26.2 Å². The Labute approximate surface area is 186 Å². The van der Waals surface area contributed by atoms with Crippen LogP contribution in [0.2, 0.25) is 20.1 Å². The molecule has 3 aromatic rings. The molecular weight excluding hydrogens is 482 g/mol. The Morgan fingerprint density at radius 1 is 0.690 bits per heavy atom. The lowest BCUT2D eigenvalue weighted by molar-refractivity contribution is 0.439. The number of aromatic hydroxyl groups is 2. The van der Waals surface area contributed by atoms with Crippen LogP contribution < -0.4 is 0 Å². The summed E-state index contributed by atoms with van der Waals surface area (Å²) in [4.78, 5) is 0. The van der Waals surface area contributed by atoms with E-state index in [0.717, 1.165) is 18.2 Å². The van der Waals surface area contributed by atoms with E-state index in [1.165, 1.54) is 36.4 Å². The molecule has 0 aromatic heterocycles. The van der Waals surface area contributed by atoms with Crippen LogP contribution in [0.3, 0.4) is 0 Å². The van der Waals surface area contributed by atoms with Gasteiger partial charge in [0.2, 0.25) is 0 Å². The number of hydrogen-bond donors (Lipinski definition) is 3. The number of phenols is 2. The largest absolute Gasteiger partial charge is 0.508 e. The SMILES string of the molecule is O=S(=O)(O)C(c1ccc(Cl)cc1)(c1ccc(Cl)cc1O)c1cc(O)c(Cl)cc1Cl. The molecule has 29 heavy (non-hydrogen) atoms. The van der Waals surface area contributed by atoms with Gasteiger partial charge in [-0.05, 0) is 42.0 Å². The van der Waals surface area contributed by atoms with Crippen LogP contribution in [0.1, 0.15) is 16.7 Å². The van der Waals surface area contributed by atoms with Gasteiger partial charge < -0.3 is 10.2 Å². The summed E-state index contributed by atoms with van der Waals surface area (Å²) in [5, 5.41) is 20.8. The van der Waals surface area contributed by atoms with E-state index in [9.17, 15) is 23.2 Å². The van der Waals surface area contributed by atoms with Crippen molar-refractivity contribution >= 4 is 56.5 Å². The lowest BCUT2D eigenvalue weighted by Crippen LogP contribution is -2.38. The molecule has 1 unspecified atom stereocenters. The first kappa shape index (κ1) is 22.0. The predicted octanol–water partition coefficient (Wildman–Crippen LogP) is 5.89. The van der Waals surface area contributed by atoms with Crippen LogP contribution in [-0.2, 0) is 14.9 Å². The topological polar surface area (TPSA) is 94.8 Å². The maximum absolute atomic E-state index is 12.9. The predicted molar refractivity (Wildman–Crippen MR) is 114 cm³/mol. The second-order valence-corrected chi connectivity index (χ2v) is 9.36. The Morgan fingerprint density at radius 3 is 1.83 bits per heavy atom. The van der Waals surface area contributed by atoms with Gasteiger partial charge in [-0.3, -0.25) is 4.55 Å². The second kappa shape index (κ2) is 7.87. The maximum Gasteiger partial charge on any atom is 0.283 e. The lowest BCUT2D eigenvalue weighted by Gasteiger charge is -2.33. The van der Waals surface area contributed by atoms with Crippen LogP contribution in [0.4, 0.5) is 0 Å². The number of halogens is 4. The minimum Gasteiger partial charge on any atom is -0.508 e. The summed E-state index contributed by atoms with van der Waals surface area (Å²) in [6, 6.07) is 11.4. The summed E-state index contributed by atoms with van der Waals surface area (Å²) < 4.78 is 33.9. The Balaban J connectivity index is 2.58. The van der Waals surface area contributed by atoms with Crippen molar-refractivity contribution in [1.29, 1.82) is 0 Å². The average molecular weight is 494 g/mol. The molecule has 1 atom stereocenters. The summed E-state index contributed by atoms with van der Waals surface area (Å²) in [6.45, 7) is 0. The fourth-order valence-electron chi connectivity index (χ4n) is 3.18. The summed E-state index contributed by atoms with van der Waals surface area (Å²) >= 11 is 24.0. The monoisotopic (exact) mass is 492 g/mol. The molecule has 0 heterocycles. The first-order valence-electron chi connectivity index (χ1n) is 7.89. The van der Waals surface area contributed by atoms with Crippen LogP contribution >= 0.6 is 46.4 Å². The van der Waals surface area contributed by atoms with Crippen LogP contribution in [0.5, 0.6) is 11.5 Å². The second-order valence-electron chi connectivity index (χ2n) is 6.11. The molecule has 5 nitrogen and oxygen atoms in total. The molecule has 0 aliphatic heterocycles. The van der Waals surface area contributed by atoms with Gasteiger partial charge in [0.15, 0.2) is 4.75 Å². The zero-order valence-electron chi connectivity index (χ0n) is 14.3. The van der Waals surface area contributed by atoms with Crippen molar-refractivity contribution in [2.45, 2.75) is 4.75 Å². The molecule has 3 aromatic carbocycles. The number of benzene rings is 3. The third kappa shape index (κ3) is 3.77. The van der Waals surface area contributed by atoms with E-state index in [2.05, 4.69) is 0 Å². The summed E-state index contributed by atoms with van der Waals surface area (Å²) in [6.07, 6.45) is 0. The van der Waals surface area contributed by atoms with Crippen LogP contribution in [0.15, 0.2) is 54.6 Å². The van der Waals surface area contributed by atoms with Gasteiger partial charge >= 0.3 is 0 Å². The van der Waals surface area contributed by atoms with Gasteiger partial charge in [-0.25, -0.2) is 0 Å². The molecule has 152 valence electrons. The van der Waals surface area contributed by atoms with Gasteiger partial charge in [0.1, 0.15) is 11.5 Å². The fourth-order valence-corrected chi connectivity index (χ4v) is 5.38. The van der Waals surface area contributed by atoms with Crippen molar-refractivity contribution in [2.75, 3.05) is 0 Å². The summed E-state index contributed by atoms with van der Waals surface area (Å²) in [7, 11) is -5.07. The van der Waals surface area contributed by atoms with Crippen LogP contribution in [0.25, 0.3) is 0 Å². The molecule has 3 rings (SSSR count). The Morgan fingerprint density at radius 2 is 1.28 bits per heavy atom. The van der Waals surface area contributed by atoms with E-state index in [-0.39, 0.29) is 31.8 Å². The molecule has 0 radical (unpaired) electrons. The first-order chi connectivity index (χ1) is 13.5. The van der Waals surface area contributed by atoms with Crippen molar-refractivity contribution in [3.05, 3.63) is 91.4 Å². The highest BCUT2D eigenvalue weighted by atomic mass is 35.5. The maximum atomic E-state index is 12.9. The van der Waals surface area contributed by atoms with Crippen molar-refractivity contribution in [1.82, 2.24) is 0 Å². The lowest BCUT2D eigenvalue weighted by atomic mass is 9.83. The van der Waals surface area contributed by atoms with Crippen LogP contribution in [-0.4, -0.2) is 23.2 Å². The van der Waals surface area contributed by atoms with E-state index in [1.54, 1.807) is 0 Å². The minimum atomic E-state index is -5.07. The molecule has 0 spiro atoms. The molecule has 10 heteroatoms. The van der Waals surface area contributed by atoms with E-state index in [0.29, 0.717) is 5.02 Å². The van der Waals surface area contributed by atoms with Gasteiger partial charge in [0.25, 0.3) is 10.1 Å². The fraction of sp³-hybridized carbons (Fsp3) is 0.0526. The molecule has 0 aliphatic rings. The quantitative estimate of drug-likeness (QED) is 0.311. The summed E-state index contributed by atoms with van der Waals surface area (Å²) in [5.41, 5.74) is -0.468. The van der Waals surface area contributed by atoms with Gasteiger partial charge in [0.05, 0.1) is 5.02 Å². The number of hydrogen-bond acceptors (Lipinski definition) is 4. The summed E-state index contributed by atoms with van der Waals surface area (Å²) in [5.74, 6) is -0.989. The van der Waals surface area contributed by atoms with E-state index in [4.69, 9.17) is 46.4 Å². The minimum absolute atomic E-state index is 0.00523. The third-order valence-electron chi connectivity index (χ3n) is 4.39. The number of rotatable bonds is 4. The zero-order valence-corrected chi connectivity index (χ0v) is 18.1. The average Bonchev–Trinajstić information content (AvgIpc) is 2.61. The normalized spacial score (nSPS) is 13.8. The highest BCUT2D eigenvalue weighted by molar-refractivity contribution is 7.87. The Bertz CT molecular complexity index is 1200. The van der Waals surface area contributed by atoms with Crippen molar-refractivity contribution in [3.63, 3.8) is 0 Å². The molecule has 3 N–H and O–H groups in total. The highest BCUT2D eigenvalue weighted by Gasteiger charge is 2.51. The molecule has 0 fully saturated rings. The van der Waals surface area contributed by atoms with Crippen molar-refractivity contribution in [2.24, 2.45) is 0 Å². The highest BCUT2D eigenvalue weighted by Crippen LogP contribution is 2.51. The number of phenolic OH excluding ortho intramolecular Hbond substituents is 2. The zero-order chi connectivity index (χ0) is 21.6. The van der Waals surface area contributed by atoms with Gasteiger partial charge in [-0.2, -0.15) is 8.42 Å². The standard InChI is InChI=1S/C19H12Cl4O5S/c20-11-3-1-10(2-4-11)19(29(26,27)28,13-6-5-12(21)7-17(13)24)14-8-18(25)16(23)9-15(14)22/h1-9,24-25H,(H,26,27,28). The Hall–Kier alpha value is -1.67. The van der Waals surface area contributed by atoms with Gasteiger partial charge in [-0.1, -0.05) is 64.6 Å². The molecule has 0 aliphatic carbocycles. The molecule has 0 saturated carbocycles. The Kier molecular flexibility index (Phi) is 5.98. The van der Waals surface area contributed by atoms with Crippen molar-refractivity contribution in [3.8, 4) is 11.5 Å². The van der Waals surface area contributed by atoms with E-state index < -0.39 is 26.4 Å². The third-order valence-corrected chi connectivity index (χ3v) is 6.94. The smallest absolute Gasteiger partial charge is 0.283 e. The molecule has 0 saturated heterocycles. The molecular formula is C19H12Cl4O5S. The molecule has 0 bridgehead atoms. The van der Waals surface area contributed by atoms with Crippen molar-refractivity contribution < 1.29 is 23.2 Å².